The highest BCUT2D eigenvalue weighted by Gasteiger charge is 2.12. The lowest BCUT2D eigenvalue weighted by Crippen LogP contribution is -2.14. The highest BCUT2D eigenvalue weighted by molar-refractivity contribution is 5.59. The smallest absolute Gasteiger partial charge is 0.299 e. The minimum atomic E-state index is -0.284. The fourth-order valence-corrected chi connectivity index (χ4v) is 2.32. The van der Waals surface area contributed by atoms with Gasteiger partial charge in [-0.2, -0.15) is 5.11 Å². The lowest BCUT2D eigenvalue weighted by Gasteiger charge is -2.01. The van der Waals surface area contributed by atoms with E-state index in [0.717, 1.165) is 11.3 Å². The van der Waals surface area contributed by atoms with E-state index < -0.39 is 0 Å². The van der Waals surface area contributed by atoms with Crippen molar-refractivity contribution in [3.8, 4) is 11.4 Å². The topological polar surface area (TPSA) is 109 Å². The molecule has 0 bridgehead atoms. The maximum absolute atomic E-state index is 12.6. The van der Waals surface area contributed by atoms with E-state index in [2.05, 4.69) is 15.3 Å². The maximum Gasteiger partial charge on any atom is 0.299 e. The summed E-state index contributed by atoms with van der Waals surface area (Å²) in [6, 6.07) is 12.1. The molecule has 1 aromatic heterocycles. The largest absolute Gasteiger partial charge is 0.506 e. The normalized spacial score (nSPS) is 11.2. The van der Waals surface area contributed by atoms with Gasteiger partial charge in [-0.05, 0) is 49.7 Å². The molecule has 7 nitrogen and oxygen atoms in total. The van der Waals surface area contributed by atoms with E-state index in [-0.39, 0.29) is 22.7 Å². The van der Waals surface area contributed by atoms with Crippen LogP contribution in [-0.2, 0) is 0 Å². The van der Waals surface area contributed by atoms with E-state index in [1.54, 1.807) is 13.0 Å². The first-order valence-electron chi connectivity index (χ1n) is 7.34. The molecule has 3 rings (SSSR count). The van der Waals surface area contributed by atoms with Crippen LogP contribution in [0.25, 0.3) is 5.69 Å². The number of aromatic amines is 1. The van der Waals surface area contributed by atoms with E-state index in [1.165, 1.54) is 16.8 Å². The van der Waals surface area contributed by atoms with Gasteiger partial charge in [0, 0.05) is 0 Å². The number of phenolic OH excluding ortho intramolecular Hbond substituents is 1. The zero-order valence-corrected chi connectivity index (χ0v) is 13.3. The number of H-pyrrole nitrogens is 1. The lowest BCUT2D eigenvalue weighted by atomic mass is 10.2. The number of phenols is 1. The fraction of sp³-hybridized carbons (Fsp3) is 0.118. The summed E-state index contributed by atoms with van der Waals surface area (Å²) >= 11 is 0. The maximum atomic E-state index is 12.6. The lowest BCUT2D eigenvalue weighted by molar-refractivity contribution is 0.478. The number of nitrogen functional groups attached to an aromatic ring is 1. The van der Waals surface area contributed by atoms with E-state index >= 15 is 0 Å². The number of aromatic nitrogens is 2. The molecule has 0 spiro atoms. The van der Waals surface area contributed by atoms with Gasteiger partial charge in [0.1, 0.15) is 5.75 Å². The molecule has 0 aliphatic rings. The fourth-order valence-electron chi connectivity index (χ4n) is 2.32. The van der Waals surface area contributed by atoms with E-state index in [9.17, 15) is 9.90 Å². The van der Waals surface area contributed by atoms with Gasteiger partial charge in [0.05, 0.1) is 22.8 Å². The number of azo groups is 1. The molecule has 1 heterocycles. The zero-order chi connectivity index (χ0) is 17.3. The van der Waals surface area contributed by atoms with Crippen molar-refractivity contribution in [1.29, 1.82) is 0 Å². The van der Waals surface area contributed by atoms with Gasteiger partial charge in [0.25, 0.3) is 5.56 Å². The van der Waals surface area contributed by atoms with Crippen LogP contribution in [0.4, 0.5) is 17.1 Å². The second-order valence-corrected chi connectivity index (χ2v) is 5.51. The van der Waals surface area contributed by atoms with Crippen molar-refractivity contribution in [1.82, 2.24) is 9.78 Å². The molecule has 0 saturated heterocycles. The van der Waals surface area contributed by atoms with Gasteiger partial charge >= 0.3 is 0 Å². The summed E-state index contributed by atoms with van der Waals surface area (Å²) in [5.41, 5.74) is 8.61. The minimum Gasteiger partial charge on any atom is -0.506 e. The third kappa shape index (κ3) is 2.91. The average molecular weight is 323 g/mol. The predicted molar refractivity (Wildman–Crippen MR) is 92.6 cm³/mol. The summed E-state index contributed by atoms with van der Waals surface area (Å²) in [7, 11) is 0. The van der Waals surface area contributed by atoms with Crippen molar-refractivity contribution in [3.63, 3.8) is 0 Å². The molecule has 0 atom stereocenters. The van der Waals surface area contributed by atoms with Crippen molar-refractivity contribution >= 4 is 17.1 Å². The van der Waals surface area contributed by atoms with Gasteiger partial charge in [0.15, 0.2) is 5.69 Å². The van der Waals surface area contributed by atoms with Crippen LogP contribution in [0.1, 0.15) is 11.3 Å². The van der Waals surface area contributed by atoms with Gasteiger partial charge in [-0.15, -0.1) is 5.11 Å². The average Bonchev–Trinajstić information content (AvgIpc) is 2.83. The Bertz CT molecular complexity index is 985. The summed E-state index contributed by atoms with van der Waals surface area (Å²) in [5, 5.41) is 20.5. The van der Waals surface area contributed by atoms with Crippen LogP contribution in [-0.4, -0.2) is 14.9 Å². The second-order valence-electron chi connectivity index (χ2n) is 5.51. The van der Waals surface area contributed by atoms with Crippen molar-refractivity contribution in [2.75, 3.05) is 5.73 Å². The Hall–Kier alpha value is -3.35. The number of nitrogens with zero attached hydrogens (tertiary/aromatic N) is 3. The highest BCUT2D eigenvalue weighted by atomic mass is 16.3. The van der Waals surface area contributed by atoms with Crippen LogP contribution in [0, 0.1) is 13.8 Å². The van der Waals surface area contributed by atoms with Crippen molar-refractivity contribution in [2.24, 2.45) is 10.2 Å². The first-order chi connectivity index (χ1) is 11.5. The molecule has 0 saturated carbocycles. The highest BCUT2D eigenvalue weighted by Crippen LogP contribution is 2.26. The molecule has 2 aromatic carbocycles. The summed E-state index contributed by atoms with van der Waals surface area (Å²) in [4.78, 5) is 12.6. The molecule has 0 fully saturated rings. The Morgan fingerprint density at radius 3 is 2.62 bits per heavy atom. The van der Waals surface area contributed by atoms with E-state index in [0.29, 0.717) is 11.4 Å². The third-order valence-corrected chi connectivity index (χ3v) is 3.58. The van der Waals surface area contributed by atoms with E-state index in [1.807, 2.05) is 31.2 Å². The third-order valence-electron chi connectivity index (χ3n) is 3.58. The molecule has 0 amide bonds. The van der Waals surface area contributed by atoms with Gasteiger partial charge in [-0.3, -0.25) is 9.89 Å². The second kappa shape index (κ2) is 6.04. The Labute approximate surface area is 138 Å². The number of rotatable bonds is 3. The monoisotopic (exact) mass is 323 g/mol. The van der Waals surface area contributed by atoms with Crippen LogP contribution in [0.2, 0.25) is 0 Å². The molecule has 0 aliphatic heterocycles. The van der Waals surface area contributed by atoms with Crippen molar-refractivity contribution in [2.45, 2.75) is 13.8 Å². The molecular weight excluding hydrogens is 306 g/mol. The number of anilines is 1. The van der Waals surface area contributed by atoms with Crippen LogP contribution >= 0.6 is 0 Å². The molecule has 0 unspecified atom stereocenters. The van der Waals surface area contributed by atoms with Crippen LogP contribution in [0.15, 0.2) is 57.5 Å². The summed E-state index contributed by atoms with van der Waals surface area (Å²) in [6.45, 7) is 3.72. The Balaban J connectivity index is 1.99. The summed E-state index contributed by atoms with van der Waals surface area (Å²) in [5.74, 6) is -0.0198. The number of benzene rings is 2. The van der Waals surface area contributed by atoms with Crippen molar-refractivity contribution in [3.05, 3.63) is 64.1 Å². The number of hydrogen-bond donors (Lipinski definition) is 3. The molecule has 24 heavy (non-hydrogen) atoms. The number of aryl methyl sites for hydroxylation is 2. The molecule has 7 heteroatoms. The standard InChI is InChI=1S/C17H17N5O2/c1-10-4-3-5-13(8-10)22-17(24)16(11(2)21-22)20-19-12-6-7-15(23)14(18)9-12/h3-9,21,23H,18H2,1-2H3. The molecule has 0 aliphatic carbocycles. The van der Waals surface area contributed by atoms with Crippen LogP contribution < -0.4 is 11.3 Å². The van der Waals surface area contributed by atoms with Gasteiger partial charge in [-0.1, -0.05) is 12.1 Å². The number of nitrogens with one attached hydrogen (secondary N) is 1. The number of hydrogen-bond acceptors (Lipinski definition) is 5. The first-order valence-corrected chi connectivity index (χ1v) is 7.34. The number of nitrogens with two attached hydrogens (primary N) is 1. The predicted octanol–water partition coefficient (Wildman–Crippen LogP) is 3.49. The summed E-state index contributed by atoms with van der Waals surface area (Å²) in [6.07, 6.45) is 0. The van der Waals surface area contributed by atoms with Crippen LogP contribution in [0.5, 0.6) is 5.75 Å². The molecule has 0 radical (unpaired) electrons. The van der Waals surface area contributed by atoms with Gasteiger partial charge < -0.3 is 10.8 Å². The van der Waals surface area contributed by atoms with E-state index in [4.69, 9.17) is 5.73 Å². The quantitative estimate of drug-likeness (QED) is 0.390. The summed E-state index contributed by atoms with van der Waals surface area (Å²) < 4.78 is 1.43. The van der Waals surface area contributed by atoms with Crippen LogP contribution in [0.3, 0.4) is 0 Å². The Morgan fingerprint density at radius 1 is 1.12 bits per heavy atom. The minimum absolute atomic E-state index is 0.0198. The Morgan fingerprint density at radius 2 is 1.92 bits per heavy atom. The van der Waals surface area contributed by atoms with Gasteiger partial charge in [0.2, 0.25) is 0 Å². The molecule has 4 N–H and O–H groups in total. The number of aromatic hydroxyl groups is 1. The SMILES string of the molecule is Cc1cccc(-n2[nH]c(C)c(N=Nc3ccc(O)c(N)c3)c2=O)c1. The van der Waals surface area contributed by atoms with Crippen molar-refractivity contribution < 1.29 is 5.11 Å². The Kier molecular flexibility index (Phi) is 3.91. The molecular formula is C17H17N5O2. The zero-order valence-electron chi connectivity index (χ0n) is 13.3. The first kappa shape index (κ1) is 15.5. The molecule has 3 aromatic rings. The molecule has 122 valence electrons. The van der Waals surface area contributed by atoms with Gasteiger partial charge in [-0.25, -0.2) is 4.68 Å².